The molecule has 0 radical (unpaired) electrons. The predicted octanol–water partition coefficient (Wildman–Crippen LogP) is 2.28. The van der Waals surface area contributed by atoms with E-state index in [4.69, 9.17) is 9.94 Å². The number of nitrogens with zero attached hydrogens (tertiary/aromatic N) is 1. The molecule has 0 bridgehead atoms. The molecular weight excluding hydrogens is 178 g/mol. The SMILES string of the molecule is COc1ccc(C(=NO)C2CC2)cc1. The Hall–Kier alpha value is -1.51. The van der Waals surface area contributed by atoms with Gasteiger partial charge < -0.3 is 9.94 Å². The number of hydrogen-bond donors (Lipinski definition) is 1. The summed E-state index contributed by atoms with van der Waals surface area (Å²) in [5, 5.41) is 12.2. The van der Waals surface area contributed by atoms with Crippen LogP contribution in [0.5, 0.6) is 5.75 Å². The number of hydrogen-bond acceptors (Lipinski definition) is 3. The number of ether oxygens (including phenoxy) is 1. The van der Waals surface area contributed by atoms with Gasteiger partial charge in [0.05, 0.1) is 12.8 Å². The van der Waals surface area contributed by atoms with Crippen LogP contribution in [0.4, 0.5) is 0 Å². The third-order valence-electron chi connectivity index (χ3n) is 2.46. The summed E-state index contributed by atoms with van der Waals surface area (Å²) in [5.41, 5.74) is 1.78. The van der Waals surface area contributed by atoms with Crippen molar-refractivity contribution in [2.45, 2.75) is 12.8 Å². The first-order valence-corrected chi connectivity index (χ1v) is 4.71. The second-order valence-corrected chi connectivity index (χ2v) is 3.49. The lowest BCUT2D eigenvalue weighted by molar-refractivity contribution is 0.317. The van der Waals surface area contributed by atoms with Gasteiger partial charge in [-0.3, -0.25) is 0 Å². The average molecular weight is 191 g/mol. The second-order valence-electron chi connectivity index (χ2n) is 3.49. The van der Waals surface area contributed by atoms with Crippen LogP contribution in [0.2, 0.25) is 0 Å². The van der Waals surface area contributed by atoms with Crippen molar-refractivity contribution in [3.63, 3.8) is 0 Å². The Morgan fingerprint density at radius 1 is 1.36 bits per heavy atom. The largest absolute Gasteiger partial charge is 0.497 e. The van der Waals surface area contributed by atoms with Crippen molar-refractivity contribution in [1.82, 2.24) is 0 Å². The predicted molar refractivity (Wildman–Crippen MR) is 54.0 cm³/mol. The minimum atomic E-state index is 0.452. The minimum absolute atomic E-state index is 0.452. The van der Waals surface area contributed by atoms with E-state index in [0.29, 0.717) is 5.92 Å². The quantitative estimate of drug-likeness (QED) is 0.452. The molecule has 0 heterocycles. The summed E-state index contributed by atoms with van der Waals surface area (Å²) in [4.78, 5) is 0. The molecular formula is C11H13NO2. The van der Waals surface area contributed by atoms with E-state index >= 15 is 0 Å². The number of methoxy groups -OCH3 is 1. The van der Waals surface area contributed by atoms with E-state index in [0.717, 1.165) is 29.9 Å². The van der Waals surface area contributed by atoms with E-state index in [1.54, 1.807) is 7.11 Å². The Morgan fingerprint density at radius 3 is 2.43 bits per heavy atom. The monoisotopic (exact) mass is 191 g/mol. The van der Waals surface area contributed by atoms with Gasteiger partial charge in [0, 0.05) is 5.92 Å². The van der Waals surface area contributed by atoms with E-state index in [1.165, 1.54) is 0 Å². The molecule has 74 valence electrons. The molecule has 0 atom stereocenters. The van der Waals surface area contributed by atoms with Crippen molar-refractivity contribution in [1.29, 1.82) is 0 Å². The number of rotatable bonds is 3. The first-order chi connectivity index (χ1) is 6.85. The fourth-order valence-corrected chi connectivity index (χ4v) is 1.49. The van der Waals surface area contributed by atoms with Crippen LogP contribution < -0.4 is 4.74 Å². The third-order valence-corrected chi connectivity index (χ3v) is 2.46. The molecule has 0 unspecified atom stereocenters. The van der Waals surface area contributed by atoms with Crippen LogP contribution in [-0.4, -0.2) is 18.0 Å². The second kappa shape index (κ2) is 3.70. The van der Waals surface area contributed by atoms with Gasteiger partial charge in [-0.15, -0.1) is 0 Å². The van der Waals surface area contributed by atoms with Gasteiger partial charge in [-0.2, -0.15) is 0 Å². The molecule has 0 aliphatic heterocycles. The molecule has 1 aromatic carbocycles. The highest BCUT2D eigenvalue weighted by atomic mass is 16.5. The average Bonchev–Trinajstić information content (AvgIpc) is 3.04. The van der Waals surface area contributed by atoms with E-state index in [1.807, 2.05) is 24.3 Å². The molecule has 1 aromatic rings. The molecule has 0 aromatic heterocycles. The molecule has 0 spiro atoms. The molecule has 1 aliphatic rings. The van der Waals surface area contributed by atoms with Gasteiger partial charge in [0.1, 0.15) is 5.75 Å². The maximum absolute atomic E-state index is 8.87. The van der Waals surface area contributed by atoms with E-state index < -0.39 is 0 Å². The van der Waals surface area contributed by atoms with Crippen LogP contribution in [-0.2, 0) is 0 Å². The lowest BCUT2D eigenvalue weighted by Gasteiger charge is -2.03. The normalized spacial score (nSPS) is 16.8. The highest BCUT2D eigenvalue weighted by Crippen LogP contribution is 2.33. The van der Waals surface area contributed by atoms with Crippen molar-refractivity contribution in [2.24, 2.45) is 11.1 Å². The first kappa shape index (κ1) is 9.06. The molecule has 3 nitrogen and oxygen atoms in total. The van der Waals surface area contributed by atoms with Crippen LogP contribution in [0, 0.1) is 5.92 Å². The third kappa shape index (κ3) is 1.71. The van der Waals surface area contributed by atoms with Crippen molar-refractivity contribution >= 4 is 5.71 Å². The molecule has 2 rings (SSSR count). The van der Waals surface area contributed by atoms with Crippen LogP contribution in [0.1, 0.15) is 18.4 Å². The van der Waals surface area contributed by atoms with Crippen molar-refractivity contribution in [3.8, 4) is 5.75 Å². The van der Waals surface area contributed by atoms with Gasteiger partial charge in [-0.25, -0.2) is 0 Å². The Morgan fingerprint density at radius 2 is 2.00 bits per heavy atom. The van der Waals surface area contributed by atoms with Gasteiger partial charge in [-0.1, -0.05) is 5.16 Å². The maximum Gasteiger partial charge on any atom is 0.118 e. The standard InChI is InChI=1S/C11H13NO2/c1-14-10-6-4-9(5-7-10)11(12-13)8-2-3-8/h4-8,13H,2-3H2,1H3. The van der Waals surface area contributed by atoms with Crippen molar-refractivity contribution < 1.29 is 9.94 Å². The zero-order valence-electron chi connectivity index (χ0n) is 8.10. The summed E-state index contributed by atoms with van der Waals surface area (Å²) in [5.74, 6) is 1.27. The van der Waals surface area contributed by atoms with E-state index in [-0.39, 0.29) is 0 Å². The summed E-state index contributed by atoms with van der Waals surface area (Å²) in [6.45, 7) is 0. The van der Waals surface area contributed by atoms with Gasteiger partial charge in [0.2, 0.25) is 0 Å². The van der Waals surface area contributed by atoms with Crippen LogP contribution in [0.25, 0.3) is 0 Å². The molecule has 0 saturated heterocycles. The molecule has 1 N–H and O–H groups in total. The summed E-state index contributed by atoms with van der Waals surface area (Å²) in [6, 6.07) is 7.60. The Bertz CT molecular complexity index is 339. The summed E-state index contributed by atoms with van der Waals surface area (Å²) >= 11 is 0. The summed E-state index contributed by atoms with van der Waals surface area (Å²) in [6.07, 6.45) is 2.26. The highest BCUT2D eigenvalue weighted by molar-refractivity contribution is 6.03. The lowest BCUT2D eigenvalue weighted by Crippen LogP contribution is -2.03. The van der Waals surface area contributed by atoms with Crippen molar-refractivity contribution in [3.05, 3.63) is 29.8 Å². The molecule has 1 saturated carbocycles. The molecule has 0 amide bonds. The van der Waals surface area contributed by atoms with Gasteiger partial charge >= 0.3 is 0 Å². The molecule has 1 fully saturated rings. The fraction of sp³-hybridized carbons (Fsp3) is 0.364. The summed E-state index contributed by atoms with van der Waals surface area (Å²) < 4.78 is 5.06. The van der Waals surface area contributed by atoms with Crippen molar-refractivity contribution in [2.75, 3.05) is 7.11 Å². The molecule has 1 aliphatic carbocycles. The molecule has 3 heteroatoms. The Balaban J connectivity index is 2.22. The van der Waals surface area contributed by atoms with Crippen LogP contribution in [0.3, 0.4) is 0 Å². The first-order valence-electron chi connectivity index (χ1n) is 4.71. The van der Waals surface area contributed by atoms with Gasteiger partial charge in [0.15, 0.2) is 0 Å². The fourth-order valence-electron chi connectivity index (χ4n) is 1.49. The smallest absolute Gasteiger partial charge is 0.118 e. The van der Waals surface area contributed by atoms with Crippen LogP contribution >= 0.6 is 0 Å². The summed E-state index contributed by atoms with van der Waals surface area (Å²) in [7, 11) is 1.64. The minimum Gasteiger partial charge on any atom is -0.497 e. The van der Waals surface area contributed by atoms with Crippen LogP contribution in [0.15, 0.2) is 29.4 Å². The lowest BCUT2D eigenvalue weighted by atomic mass is 10.1. The Labute approximate surface area is 83.0 Å². The number of oxime groups is 1. The highest BCUT2D eigenvalue weighted by Gasteiger charge is 2.28. The van der Waals surface area contributed by atoms with E-state index in [2.05, 4.69) is 5.16 Å². The number of benzene rings is 1. The molecule has 14 heavy (non-hydrogen) atoms. The topological polar surface area (TPSA) is 41.8 Å². The zero-order chi connectivity index (χ0) is 9.97. The van der Waals surface area contributed by atoms with Gasteiger partial charge in [-0.05, 0) is 42.7 Å². The Kier molecular flexibility index (Phi) is 2.39. The maximum atomic E-state index is 8.87. The zero-order valence-corrected chi connectivity index (χ0v) is 8.10. The van der Waals surface area contributed by atoms with Gasteiger partial charge in [0.25, 0.3) is 0 Å². The van der Waals surface area contributed by atoms with E-state index in [9.17, 15) is 0 Å².